The maximum atomic E-state index is 6.04. The number of benzene rings is 1. The fourth-order valence-corrected chi connectivity index (χ4v) is 2.13. The lowest BCUT2D eigenvalue weighted by Crippen LogP contribution is -2.21. The van der Waals surface area contributed by atoms with E-state index in [1.807, 2.05) is 24.3 Å². The first kappa shape index (κ1) is 15.5. The van der Waals surface area contributed by atoms with Gasteiger partial charge in [-0.15, -0.1) is 0 Å². The Morgan fingerprint density at radius 2 is 1.86 bits per heavy atom. The average Bonchev–Trinajstić information content (AvgIpc) is 2.49. The van der Waals surface area contributed by atoms with Gasteiger partial charge >= 0.3 is 0 Å². The third kappa shape index (κ3) is 4.30. The molecule has 0 saturated carbocycles. The topological polar surface area (TPSA) is 48.1 Å². The molecule has 3 heteroatoms. The average molecular weight is 284 g/mol. The first-order valence-electron chi connectivity index (χ1n) is 7.57. The number of ether oxygens (including phenoxy) is 1. The Balaban J connectivity index is 2.15. The number of pyridine rings is 1. The molecule has 1 unspecified atom stereocenters. The molecule has 0 bridgehead atoms. The number of hydrogen-bond acceptors (Lipinski definition) is 3. The molecule has 2 rings (SSSR count). The molecule has 112 valence electrons. The minimum atomic E-state index is 0.139. The number of nitrogens with zero attached hydrogens (tertiary/aromatic N) is 1. The minimum Gasteiger partial charge on any atom is -0.439 e. The molecule has 0 spiro atoms. The smallest absolute Gasteiger partial charge is 0.222 e. The van der Waals surface area contributed by atoms with Crippen molar-refractivity contribution in [3.63, 3.8) is 0 Å². The van der Waals surface area contributed by atoms with E-state index in [1.165, 1.54) is 5.56 Å². The number of aromatic nitrogens is 1. The molecule has 0 saturated heterocycles. The van der Waals surface area contributed by atoms with Gasteiger partial charge in [0, 0.05) is 17.8 Å². The first-order chi connectivity index (χ1) is 10.1. The Hall–Kier alpha value is -1.87. The van der Waals surface area contributed by atoms with E-state index in [9.17, 15) is 0 Å². The summed E-state index contributed by atoms with van der Waals surface area (Å²) in [5, 5.41) is 0. The molecule has 0 amide bonds. The van der Waals surface area contributed by atoms with Gasteiger partial charge in [0.2, 0.25) is 5.88 Å². The van der Waals surface area contributed by atoms with Crippen LogP contribution in [0.25, 0.3) is 0 Å². The normalized spacial score (nSPS) is 12.4. The van der Waals surface area contributed by atoms with Crippen LogP contribution in [-0.4, -0.2) is 11.0 Å². The molecule has 1 atom stereocenters. The number of hydrogen-bond donors (Lipinski definition) is 1. The standard InChI is InChI=1S/C18H24N2O/c1-4-16(19)12-15-6-5-11-20-18(15)21-17-9-7-14(8-10-17)13(2)3/h5-11,13,16H,4,12,19H2,1-3H3. The van der Waals surface area contributed by atoms with Crippen molar-refractivity contribution < 1.29 is 4.74 Å². The lowest BCUT2D eigenvalue weighted by Gasteiger charge is -2.13. The highest BCUT2D eigenvalue weighted by atomic mass is 16.5. The molecule has 2 N–H and O–H groups in total. The molecule has 1 heterocycles. The van der Waals surface area contributed by atoms with Crippen molar-refractivity contribution in [1.82, 2.24) is 4.98 Å². The summed E-state index contributed by atoms with van der Waals surface area (Å²) < 4.78 is 5.92. The van der Waals surface area contributed by atoms with E-state index in [0.29, 0.717) is 11.8 Å². The highest BCUT2D eigenvalue weighted by molar-refractivity contribution is 5.35. The molecule has 0 radical (unpaired) electrons. The Morgan fingerprint density at radius 3 is 2.48 bits per heavy atom. The van der Waals surface area contributed by atoms with Gasteiger partial charge in [-0.3, -0.25) is 0 Å². The highest BCUT2D eigenvalue weighted by Crippen LogP contribution is 2.25. The summed E-state index contributed by atoms with van der Waals surface area (Å²) in [6, 6.07) is 12.3. The number of nitrogens with two attached hydrogens (primary N) is 1. The van der Waals surface area contributed by atoms with Crippen LogP contribution in [0, 0.1) is 0 Å². The van der Waals surface area contributed by atoms with Crippen molar-refractivity contribution in [2.75, 3.05) is 0 Å². The summed E-state index contributed by atoms with van der Waals surface area (Å²) in [5.74, 6) is 1.98. The van der Waals surface area contributed by atoms with Gasteiger partial charge in [-0.05, 0) is 42.5 Å². The zero-order chi connectivity index (χ0) is 15.2. The lowest BCUT2D eigenvalue weighted by atomic mass is 10.0. The Labute approximate surface area is 127 Å². The molecular weight excluding hydrogens is 260 g/mol. The molecule has 1 aromatic heterocycles. The van der Waals surface area contributed by atoms with Crippen molar-refractivity contribution in [2.24, 2.45) is 5.73 Å². The van der Waals surface area contributed by atoms with E-state index < -0.39 is 0 Å². The van der Waals surface area contributed by atoms with Gasteiger partial charge in [-0.25, -0.2) is 4.98 Å². The fraction of sp³-hybridized carbons (Fsp3) is 0.389. The molecule has 21 heavy (non-hydrogen) atoms. The van der Waals surface area contributed by atoms with Crippen molar-refractivity contribution in [3.05, 3.63) is 53.7 Å². The van der Waals surface area contributed by atoms with Crippen molar-refractivity contribution in [1.29, 1.82) is 0 Å². The van der Waals surface area contributed by atoms with Crippen LogP contribution >= 0.6 is 0 Å². The summed E-state index contributed by atoms with van der Waals surface area (Å²) in [7, 11) is 0. The molecule has 2 aromatic rings. The number of rotatable bonds is 6. The largest absolute Gasteiger partial charge is 0.439 e. The lowest BCUT2D eigenvalue weighted by molar-refractivity contribution is 0.452. The van der Waals surface area contributed by atoms with E-state index in [-0.39, 0.29) is 6.04 Å². The van der Waals surface area contributed by atoms with Crippen LogP contribution in [0.4, 0.5) is 0 Å². The second kappa shape index (κ2) is 7.23. The molecule has 0 fully saturated rings. The second-order valence-electron chi connectivity index (χ2n) is 5.67. The van der Waals surface area contributed by atoms with Crippen LogP contribution in [0.3, 0.4) is 0 Å². The quantitative estimate of drug-likeness (QED) is 0.861. The Bertz CT molecular complexity index is 564. The summed E-state index contributed by atoms with van der Waals surface area (Å²) >= 11 is 0. The molecule has 0 aliphatic rings. The molecular formula is C18H24N2O. The maximum Gasteiger partial charge on any atom is 0.222 e. The third-order valence-corrected chi connectivity index (χ3v) is 3.62. The second-order valence-corrected chi connectivity index (χ2v) is 5.67. The summed E-state index contributed by atoms with van der Waals surface area (Å²) in [6.07, 6.45) is 3.47. The summed E-state index contributed by atoms with van der Waals surface area (Å²) in [4.78, 5) is 4.34. The van der Waals surface area contributed by atoms with Gasteiger partial charge < -0.3 is 10.5 Å². The van der Waals surface area contributed by atoms with Crippen molar-refractivity contribution >= 4 is 0 Å². The van der Waals surface area contributed by atoms with E-state index in [1.54, 1.807) is 6.20 Å². The maximum absolute atomic E-state index is 6.04. The van der Waals surface area contributed by atoms with Crippen LogP contribution < -0.4 is 10.5 Å². The molecule has 1 aromatic carbocycles. The monoisotopic (exact) mass is 284 g/mol. The summed E-state index contributed by atoms with van der Waals surface area (Å²) in [5.41, 5.74) is 8.39. The first-order valence-corrected chi connectivity index (χ1v) is 7.57. The van der Waals surface area contributed by atoms with Gasteiger partial charge in [0.15, 0.2) is 0 Å². The van der Waals surface area contributed by atoms with Gasteiger partial charge in [0.05, 0.1) is 0 Å². The third-order valence-electron chi connectivity index (χ3n) is 3.62. The van der Waals surface area contributed by atoms with E-state index in [2.05, 4.69) is 37.9 Å². The van der Waals surface area contributed by atoms with E-state index in [4.69, 9.17) is 10.5 Å². The van der Waals surface area contributed by atoms with Crippen LogP contribution in [0.2, 0.25) is 0 Å². The van der Waals surface area contributed by atoms with E-state index in [0.717, 1.165) is 24.2 Å². The predicted molar refractivity (Wildman–Crippen MR) is 86.8 cm³/mol. The van der Waals surface area contributed by atoms with Gasteiger partial charge in [-0.1, -0.05) is 39.0 Å². The van der Waals surface area contributed by atoms with Gasteiger partial charge in [0.25, 0.3) is 0 Å². The SMILES string of the molecule is CCC(N)Cc1cccnc1Oc1ccc(C(C)C)cc1. The van der Waals surface area contributed by atoms with Crippen molar-refractivity contribution in [2.45, 2.75) is 45.6 Å². The van der Waals surface area contributed by atoms with Crippen molar-refractivity contribution in [3.8, 4) is 11.6 Å². The zero-order valence-corrected chi connectivity index (χ0v) is 13.0. The zero-order valence-electron chi connectivity index (χ0n) is 13.0. The van der Waals surface area contributed by atoms with E-state index >= 15 is 0 Å². The predicted octanol–water partition coefficient (Wildman–Crippen LogP) is 4.28. The minimum absolute atomic E-state index is 0.139. The molecule has 0 aliphatic heterocycles. The van der Waals surface area contributed by atoms with Crippen LogP contribution in [-0.2, 0) is 6.42 Å². The summed E-state index contributed by atoms with van der Waals surface area (Å²) in [6.45, 7) is 6.45. The fourth-order valence-electron chi connectivity index (χ4n) is 2.13. The highest BCUT2D eigenvalue weighted by Gasteiger charge is 2.10. The van der Waals surface area contributed by atoms with Crippen LogP contribution in [0.15, 0.2) is 42.6 Å². The van der Waals surface area contributed by atoms with Crippen LogP contribution in [0.1, 0.15) is 44.2 Å². The van der Waals surface area contributed by atoms with Gasteiger partial charge in [-0.2, -0.15) is 0 Å². The Morgan fingerprint density at radius 1 is 1.14 bits per heavy atom. The Kier molecular flexibility index (Phi) is 5.34. The molecule has 0 aliphatic carbocycles. The van der Waals surface area contributed by atoms with Crippen LogP contribution in [0.5, 0.6) is 11.6 Å². The molecule has 3 nitrogen and oxygen atoms in total. The van der Waals surface area contributed by atoms with Gasteiger partial charge in [0.1, 0.15) is 5.75 Å².